The van der Waals surface area contributed by atoms with Gasteiger partial charge in [-0.2, -0.15) is 0 Å². The quantitative estimate of drug-likeness (QED) is 0.853. The van der Waals surface area contributed by atoms with E-state index in [1.807, 2.05) is 20.8 Å². The molecule has 1 aromatic rings. The average molecular weight is 369 g/mol. The maximum Gasteiger partial charge on any atom is 0.407 e. The zero-order chi connectivity index (χ0) is 18.4. The fourth-order valence-corrected chi connectivity index (χ4v) is 2.66. The van der Waals surface area contributed by atoms with Crippen molar-refractivity contribution < 1.29 is 14.3 Å². The molecule has 1 fully saturated rings. The molecule has 0 unspecified atom stereocenters. The topological polar surface area (TPSA) is 83.6 Å². The summed E-state index contributed by atoms with van der Waals surface area (Å²) < 4.78 is 5.26. The van der Waals surface area contributed by atoms with Crippen LogP contribution in [0, 0.1) is 0 Å². The number of nitrogens with one attached hydrogen (secondary N) is 2. The fraction of sp³-hybridized carbons (Fsp3) is 0.588. The number of ether oxygens (including phenoxy) is 1. The number of hydrogen-bond acceptors (Lipinski definition) is 5. The van der Waals surface area contributed by atoms with Crippen LogP contribution in [0.15, 0.2) is 18.3 Å². The molecule has 25 heavy (non-hydrogen) atoms. The standard InChI is InChI=1S/C17H25ClN4O3/c1-17(2,3)25-16(24)20-13-6-8-22(9-7-13)11-15(23)21-14-5-4-12(18)10-19-14/h4-5,10,13H,6-9,11H2,1-3H3,(H,20,24)(H,19,21,23). The highest BCUT2D eigenvalue weighted by Gasteiger charge is 2.24. The molecule has 1 aromatic heterocycles. The SMILES string of the molecule is CC(C)(C)OC(=O)NC1CCN(CC(=O)Nc2ccc(Cl)cn2)CC1. The molecule has 2 rings (SSSR count). The van der Waals surface area contributed by atoms with E-state index >= 15 is 0 Å². The Morgan fingerprint density at radius 2 is 2.00 bits per heavy atom. The molecule has 2 N–H and O–H groups in total. The number of pyridine rings is 1. The van der Waals surface area contributed by atoms with E-state index in [4.69, 9.17) is 16.3 Å². The smallest absolute Gasteiger partial charge is 0.407 e. The first-order valence-corrected chi connectivity index (χ1v) is 8.72. The van der Waals surface area contributed by atoms with Gasteiger partial charge in [0.05, 0.1) is 11.6 Å². The van der Waals surface area contributed by atoms with Crippen molar-refractivity contribution in [1.82, 2.24) is 15.2 Å². The van der Waals surface area contributed by atoms with Crippen LogP contribution in [0.4, 0.5) is 10.6 Å². The third-order valence-electron chi connectivity index (χ3n) is 3.67. The first-order chi connectivity index (χ1) is 11.7. The lowest BCUT2D eigenvalue weighted by Crippen LogP contribution is -2.47. The summed E-state index contributed by atoms with van der Waals surface area (Å²) in [4.78, 5) is 29.9. The Balaban J connectivity index is 1.70. The van der Waals surface area contributed by atoms with E-state index < -0.39 is 11.7 Å². The van der Waals surface area contributed by atoms with E-state index in [1.165, 1.54) is 6.20 Å². The summed E-state index contributed by atoms with van der Waals surface area (Å²) in [5.41, 5.74) is -0.501. The second-order valence-electron chi connectivity index (χ2n) is 7.11. The van der Waals surface area contributed by atoms with E-state index in [-0.39, 0.29) is 11.9 Å². The second-order valence-corrected chi connectivity index (χ2v) is 7.54. The summed E-state index contributed by atoms with van der Waals surface area (Å²) in [5.74, 6) is 0.365. The minimum absolute atomic E-state index is 0.0760. The normalized spacial score (nSPS) is 16.3. The van der Waals surface area contributed by atoms with Crippen LogP contribution in [-0.2, 0) is 9.53 Å². The summed E-state index contributed by atoms with van der Waals surface area (Å²) in [5, 5.41) is 6.15. The first kappa shape index (κ1) is 19.5. The van der Waals surface area contributed by atoms with Crippen LogP contribution >= 0.6 is 11.6 Å². The van der Waals surface area contributed by atoms with Gasteiger partial charge in [0.1, 0.15) is 11.4 Å². The molecular formula is C17H25ClN4O3. The van der Waals surface area contributed by atoms with E-state index in [0.29, 0.717) is 17.4 Å². The number of rotatable bonds is 4. The first-order valence-electron chi connectivity index (χ1n) is 8.34. The molecule has 0 atom stereocenters. The summed E-state index contributed by atoms with van der Waals surface area (Å²) in [6, 6.07) is 3.42. The highest BCUT2D eigenvalue weighted by atomic mass is 35.5. The number of piperidine rings is 1. The Hall–Kier alpha value is -1.86. The van der Waals surface area contributed by atoms with Crippen LogP contribution in [0.3, 0.4) is 0 Å². The van der Waals surface area contributed by atoms with E-state index in [0.717, 1.165) is 25.9 Å². The van der Waals surface area contributed by atoms with Gasteiger partial charge in [-0.3, -0.25) is 9.69 Å². The van der Waals surface area contributed by atoms with Crippen LogP contribution in [0.25, 0.3) is 0 Å². The highest BCUT2D eigenvalue weighted by Crippen LogP contribution is 2.13. The van der Waals surface area contributed by atoms with Crippen molar-refractivity contribution in [3.63, 3.8) is 0 Å². The van der Waals surface area contributed by atoms with Crippen molar-refractivity contribution in [3.05, 3.63) is 23.4 Å². The number of aromatic nitrogens is 1. The van der Waals surface area contributed by atoms with Gasteiger partial charge >= 0.3 is 6.09 Å². The average Bonchev–Trinajstić information content (AvgIpc) is 2.49. The van der Waals surface area contributed by atoms with Crippen molar-refractivity contribution in [2.45, 2.75) is 45.3 Å². The van der Waals surface area contributed by atoms with Gasteiger partial charge in [-0.1, -0.05) is 11.6 Å². The molecular weight excluding hydrogens is 344 g/mol. The minimum Gasteiger partial charge on any atom is -0.444 e. The minimum atomic E-state index is -0.501. The number of hydrogen-bond donors (Lipinski definition) is 2. The maximum atomic E-state index is 12.1. The molecule has 2 amide bonds. The maximum absolute atomic E-state index is 12.1. The van der Waals surface area contributed by atoms with Gasteiger partial charge < -0.3 is 15.4 Å². The van der Waals surface area contributed by atoms with Crippen molar-refractivity contribution in [3.8, 4) is 0 Å². The van der Waals surface area contributed by atoms with Gasteiger partial charge in [-0.15, -0.1) is 0 Å². The van der Waals surface area contributed by atoms with E-state index in [9.17, 15) is 9.59 Å². The van der Waals surface area contributed by atoms with Crippen LogP contribution in [-0.4, -0.2) is 53.2 Å². The predicted molar refractivity (Wildman–Crippen MR) is 96.7 cm³/mol. The molecule has 0 bridgehead atoms. The lowest BCUT2D eigenvalue weighted by Gasteiger charge is -2.32. The Kier molecular flexibility index (Phi) is 6.61. The molecule has 0 saturated carbocycles. The number of carbonyl (C=O) groups excluding carboxylic acids is 2. The Labute approximate surface area is 153 Å². The monoisotopic (exact) mass is 368 g/mol. The number of nitrogens with zero attached hydrogens (tertiary/aromatic N) is 2. The molecule has 0 aromatic carbocycles. The Bertz CT molecular complexity index is 593. The predicted octanol–water partition coefficient (Wildman–Crippen LogP) is 2.66. The summed E-state index contributed by atoms with van der Waals surface area (Å²) in [6.07, 6.45) is 2.67. The van der Waals surface area contributed by atoms with Gasteiger partial charge in [0.25, 0.3) is 0 Å². The largest absolute Gasteiger partial charge is 0.444 e. The second kappa shape index (κ2) is 8.49. The molecule has 8 heteroatoms. The van der Waals surface area contributed by atoms with Crippen LogP contribution in [0.5, 0.6) is 0 Å². The van der Waals surface area contributed by atoms with Crippen LogP contribution in [0.2, 0.25) is 5.02 Å². The number of amides is 2. The zero-order valence-corrected chi connectivity index (χ0v) is 15.6. The van der Waals surface area contributed by atoms with Gasteiger partial charge in [-0.25, -0.2) is 9.78 Å². The molecule has 138 valence electrons. The Morgan fingerprint density at radius 1 is 1.32 bits per heavy atom. The number of anilines is 1. The fourth-order valence-electron chi connectivity index (χ4n) is 2.54. The third-order valence-corrected chi connectivity index (χ3v) is 3.89. The number of alkyl carbamates (subject to hydrolysis) is 1. The molecule has 2 heterocycles. The van der Waals surface area contributed by atoms with E-state index in [1.54, 1.807) is 12.1 Å². The van der Waals surface area contributed by atoms with Crippen molar-refractivity contribution in [2.24, 2.45) is 0 Å². The van der Waals surface area contributed by atoms with Crippen LogP contribution < -0.4 is 10.6 Å². The lowest BCUT2D eigenvalue weighted by atomic mass is 10.1. The summed E-state index contributed by atoms with van der Waals surface area (Å²) in [7, 11) is 0. The van der Waals surface area contributed by atoms with Gasteiger partial charge in [-0.05, 0) is 45.7 Å². The molecule has 7 nitrogen and oxygen atoms in total. The van der Waals surface area contributed by atoms with Crippen molar-refractivity contribution in [2.75, 3.05) is 25.0 Å². The van der Waals surface area contributed by atoms with Crippen molar-refractivity contribution >= 4 is 29.4 Å². The number of carbonyl (C=O) groups is 2. The summed E-state index contributed by atoms with van der Waals surface area (Å²) >= 11 is 5.77. The number of halogens is 1. The van der Waals surface area contributed by atoms with Gasteiger partial charge in [0.15, 0.2) is 0 Å². The molecule has 0 aliphatic carbocycles. The molecule has 0 spiro atoms. The van der Waals surface area contributed by atoms with Gasteiger partial charge in [0, 0.05) is 25.3 Å². The van der Waals surface area contributed by atoms with Crippen LogP contribution in [0.1, 0.15) is 33.6 Å². The van der Waals surface area contributed by atoms with E-state index in [2.05, 4.69) is 20.5 Å². The van der Waals surface area contributed by atoms with Crippen molar-refractivity contribution in [1.29, 1.82) is 0 Å². The molecule has 1 aliphatic heterocycles. The molecule has 0 radical (unpaired) electrons. The zero-order valence-electron chi connectivity index (χ0n) is 14.8. The molecule has 1 saturated heterocycles. The number of likely N-dealkylation sites (tertiary alicyclic amines) is 1. The Morgan fingerprint density at radius 3 is 2.56 bits per heavy atom. The van der Waals surface area contributed by atoms with Gasteiger partial charge in [0.2, 0.25) is 5.91 Å². The summed E-state index contributed by atoms with van der Waals surface area (Å²) in [6.45, 7) is 7.28. The highest BCUT2D eigenvalue weighted by molar-refractivity contribution is 6.30. The molecule has 1 aliphatic rings. The lowest BCUT2D eigenvalue weighted by molar-refractivity contribution is -0.117. The third kappa shape index (κ3) is 7.27.